The summed E-state index contributed by atoms with van der Waals surface area (Å²) in [7, 11) is 1.63. The van der Waals surface area contributed by atoms with Crippen molar-refractivity contribution in [3.63, 3.8) is 0 Å². The molecule has 0 heterocycles. The minimum atomic E-state index is -0.300. The lowest BCUT2D eigenvalue weighted by atomic mass is 10.0. The number of aliphatic hydroxyl groups is 1. The van der Waals surface area contributed by atoms with E-state index in [0.717, 1.165) is 16.9 Å². The zero-order valence-corrected chi connectivity index (χ0v) is 7.95. The standard InChI is InChI=1S/C10H15NO2/c1-7-5-8(13-2)3-4-9(7)10(11)6-12/h3-5,10,12H,6,11H2,1-2H3. The number of benzene rings is 1. The van der Waals surface area contributed by atoms with Crippen molar-refractivity contribution in [2.75, 3.05) is 13.7 Å². The van der Waals surface area contributed by atoms with Crippen molar-refractivity contribution in [2.24, 2.45) is 5.73 Å². The largest absolute Gasteiger partial charge is 0.497 e. The maximum absolute atomic E-state index is 8.88. The van der Waals surface area contributed by atoms with E-state index in [2.05, 4.69) is 0 Å². The van der Waals surface area contributed by atoms with E-state index in [-0.39, 0.29) is 12.6 Å². The Morgan fingerprint density at radius 3 is 2.69 bits per heavy atom. The van der Waals surface area contributed by atoms with Crippen LogP contribution in [0.1, 0.15) is 17.2 Å². The Hall–Kier alpha value is -1.06. The van der Waals surface area contributed by atoms with Crippen LogP contribution >= 0.6 is 0 Å². The average molecular weight is 181 g/mol. The molecular formula is C10H15NO2. The SMILES string of the molecule is COc1ccc(C(N)CO)c(C)c1. The second-order valence-corrected chi connectivity index (χ2v) is 3.01. The molecule has 0 bridgehead atoms. The first-order chi connectivity index (χ1) is 6.19. The van der Waals surface area contributed by atoms with Gasteiger partial charge >= 0.3 is 0 Å². The van der Waals surface area contributed by atoms with Gasteiger partial charge in [0.25, 0.3) is 0 Å². The molecule has 1 aromatic carbocycles. The molecule has 0 aliphatic carbocycles. The number of methoxy groups -OCH3 is 1. The number of hydrogen-bond donors (Lipinski definition) is 2. The second kappa shape index (κ2) is 4.25. The molecule has 0 fully saturated rings. The predicted octanol–water partition coefficient (Wildman–Crippen LogP) is 0.996. The Balaban J connectivity index is 2.98. The number of aryl methyl sites for hydroxylation is 1. The highest BCUT2D eigenvalue weighted by Gasteiger charge is 2.07. The van der Waals surface area contributed by atoms with Gasteiger partial charge in [0.2, 0.25) is 0 Å². The smallest absolute Gasteiger partial charge is 0.119 e. The van der Waals surface area contributed by atoms with Crippen LogP contribution < -0.4 is 10.5 Å². The molecule has 0 aliphatic rings. The van der Waals surface area contributed by atoms with Gasteiger partial charge in [-0.2, -0.15) is 0 Å². The highest BCUT2D eigenvalue weighted by atomic mass is 16.5. The number of aliphatic hydroxyl groups excluding tert-OH is 1. The summed E-state index contributed by atoms with van der Waals surface area (Å²) in [6.07, 6.45) is 0. The molecular weight excluding hydrogens is 166 g/mol. The number of nitrogens with two attached hydrogens (primary N) is 1. The van der Waals surface area contributed by atoms with Crippen molar-refractivity contribution in [3.05, 3.63) is 29.3 Å². The summed E-state index contributed by atoms with van der Waals surface area (Å²) >= 11 is 0. The van der Waals surface area contributed by atoms with Crippen LogP contribution in [0.15, 0.2) is 18.2 Å². The number of ether oxygens (including phenoxy) is 1. The summed E-state index contributed by atoms with van der Waals surface area (Å²) in [4.78, 5) is 0. The van der Waals surface area contributed by atoms with Crippen LogP contribution in [0.3, 0.4) is 0 Å². The third-order valence-electron chi connectivity index (χ3n) is 2.07. The van der Waals surface area contributed by atoms with Crippen LogP contribution in [-0.4, -0.2) is 18.8 Å². The van der Waals surface area contributed by atoms with Crippen LogP contribution in [0.25, 0.3) is 0 Å². The monoisotopic (exact) mass is 181 g/mol. The highest BCUT2D eigenvalue weighted by molar-refractivity contribution is 5.36. The number of rotatable bonds is 3. The molecule has 0 radical (unpaired) electrons. The van der Waals surface area contributed by atoms with Crippen molar-refractivity contribution in [1.82, 2.24) is 0 Å². The normalized spacial score (nSPS) is 12.6. The minimum absolute atomic E-state index is 0.0346. The molecule has 0 saturated carbocycles. The summed E-state index contributed by atoms with van der Waals surface area (Å²) in [6.45, 7) is 1.92. The Bertz CT molecular complexity index is 286. The van der Waals surface area contributed by atoms with E-state index in [1.165, 1.54) is 0 Å². The maximum atomic E-state index is 8.88. The molecule has 0 aromatic heterocycles. The van der Waals surface area contributed by atoms with Gasteiger partial charge in [0.15, 0.2) is 0 Å². The fourth-order valence-electron chi connectivity index (χ4n) is 1.29. The van der Waals surface area contributed by atoms with Gasteiger partial charge < -0.3 is 15.6 Å². The molecule has 0 amide bonds. The average Bonchev–Trinajstić information content (AvgIpc) is 2.16. The lowest BCUT2D eigenvalue weighted by molar-refractivity contribution is 0.267. The van der Waals surface area contributed by atoms with Gasteiger partial charge in [0, 0.05) is 0 Å². The van der Waals surface area contributed by atoms with E-state index in [1.807, 2.05) is 25.1 Å². The molecule has 3 N–H and O–H groups in total. The predicted molar refractivity (Wildman–Crippen MR) is 51.7 cm³/mol. The molecule has 1 aromatic rings. The fourth-order valence-corrected chi connectivity index (χ4v) is 1.29. The summed E-state index contributed by atoms with van der Waals surface area (Å²) in [5.74, 6) is 0.811. The Labute approximate surface area is 78.1 Å². The third kappa shape index (κ3) is 2.20. The summed E-state index contributed by atoms with van der Waals surface area (Å²) in [5.41, 5.74) is 7.70. The van der Waals surface area contributed by atoms with E-state index in [1.54, 1.807) is 7.11 Å². The van der Waals surface area contributed by atoms with Gasteiger partial charge in [-0.15, -0.1) is 0 Å². The summed E-state index contributed by atoms with van der Waals surface area (Å²) in [6, 6.07) is 5.34. The maximum Gasteiger partial charge on any atom is 0.119 e. The first-order valence-corrected chi connectivity index (χ1v) is 4.20. The highest BCUT2D eigenvalue weighted by Crippen LogP contribution is 2.20. The molecule has 0 aliphatic heterocycles. The van der Waals surface area contributed by atoms with Gasteiger partial charge in [-0.05, 0) is 30.2 Å². The van der Waals surface area contributed by atoms with Crippen molar-refractivity contribution in [1.29, 1.82) is 0 Å². The lowest BCUT2D eigenvalue weighted by Crippen LogP contribution is -2.15. The van der Waals surface area contributed by atoms with E-state index < -0.39 is 0 Å². The van der Waals surface area contributed by atoms with Crippen molar-refractivity contribution in [3.8, 4) is 5.75 Å². The van der Waals surface area contributed by atoms with Crippen molar-refractivity contribution < 1.29 is 9.84 Å². The Kier molecular flexibility index (Phi) is 3.28. The first kappa shape index (κ1) is 10.0. The van der Waals surface area contributed by atoms with Gasteiger partial charge in [0.05, 0.1) is 19.8 Å². The molecule has 13 heavy (non-hydrogen) atoms. The van der Waals surface area contributed by atoms with Crippen molar-refractivity contribution >= 4 is 0 Å². The van der Waals surface area contributed by atoms with E-state index >= 15 is 0 Å². The van der Waals surface area contributed by atoms with Crippen molar-refractivity contribution in [2.45, 2.75) is 13.0 Å². The van der Waals surface area contributed by atoms with Crippen LogP contribution in [0.4, 0.5) is 0 Å². The lowest BCUT2D eigenvalue weighted by Gasteiger charge is -2.12. The van der Waals surface area contributed by atoms with Gasteiger partial charge in [-0.25, -0.2) is 0 Å². The second-order valence-electron chi connectivity index (χ2n) is 3.01. The quantitative estimate of drug-likeness (QED) is 0.731. The van der Waals surface area contributed by atoms with Gasteiger partial charge in [0.1, 0.15) is 5.75 Å². The van der Waals surface area contributed by atoms with E-state index in [4.69, 9.17) is 15.6 Å². The van der Waals surface area contributed by atoms with Crippen LogP contribution in [0.2, 0.25) is 0 Å². The molecule has 3 nitrogen and oxygen atoms in total. The molecule has 1 atom stereocenters. The molecule has 3 heteroatoms. The Morgan fingerprint density at radius 2 is 2.23 bits per heavy atom. The molecule has 0 spiro atoms. The van der Waals surface area contributed by atoms with Crippen LogP contribution in [0, 0.1) is 6.92 Å². The van der Waals surface area contributed by atoms with Gasteiger partial charge in [-0.1, -0.05) is 6.07 Å². The van der Waals surface area contributed by atoms with E-state index in [9.17, 15) is 0 Å². The molecule has 1 rings (SSSR count). The summed E-state index contributed by atoms with van der Waals surface area (Å²) in [5, 5.41) is 8.88. The zero-order chi connectivity index (χ0) is 9.84. The minimum Gasteiger partial charge on any atom is -0.497 e. The van der Waals surface area contributed by atoms with E-state index in [0.29, 0.717) is 0 Å². The fraction of sp³-hybridized carbons (Fsp3) is 0.400. The van der Waals surface area contributed by atoms with Gasteiger partial charge in [-0.3, -0.25) is 0 Å². The topological polar surface area (TPSA) is 55.5 Å². The Morgan fingerprint density at radius 1 is 1.54 bits per heavy atom. The molecule has 1 unspecified atom stereocenters. The molecule has 0 saturated heterocycles. The summed E-state index contributed by atoms with van der Waals surface area (Å²) < 4.78 is 5.06. The van der Waals surface area contributed by atoms with Crippen LogP contribution in [-0.2, 0) is 0 Å². The van der Waals surface area contributed by atoms with Crippen LogP contribution in [0.5, 0.6) is 5.75 Å². The molecule has 72 valence electrons. The number of hydrogen-bond acceptors (Lipinski definition) is 3. The first-order valence-electron chi connectivity index (χ1n) is 4.20. The third-order valence-corrected chi connectivity index (χ3v) is 2.07. The zero-order valence-electron chi connectivity index (χ0n) is 7.95.